The Morgan fingerprint density at radius 1 is 1.17 bits per heavy atom. The molecule has 3 heteroatoms. The van der Waals surface area contributed by atoms with Crippen molar-refractivity contribution >= 4 is 10.8 Å². The van der Waals surface area contributed by atoms with Gasteiger partial charge < -0.3 is 10.5 Å². The summed E-state index contributed by atoms with van der Waals surface area (Å²) in [5, 5.41) is 2.17. The molecule has 0 saturated heterocycles. The largest absolute Gasteiger partial charge is 0.475 e. The zero-order chi connectivity index (χ0) is 13.0. The smallest absolute Gasteiger partial charge is 0.221 e. The van der Waals surface area contributed by atoms with Gasteiger partial charge in [-0.3, -0.25) is 0 Å². The highest BCUT2D eigenvalue weighted by Gasteiger charge is 2.21. The zero-order valence-electron chi connectivity index (χ0n) is 11.0. The quantitative estimate of drug-likeness (QED) is 0.879. The first kappa shape index (κ1) is 12.8. The standard InChI is InChI=1S/C15H20N2O/c1-3-15(16,4-2)11-18-14-13-8-6-5-7-12(13)9-10-17-14/h5-10H,3-4,11,16H2,1-2H3. The fourth-order valence-corrected chi connectivity index (χ4v) is 1.87. The Labute approximate surface area is 108 Å². The van der Waals surface area contributed by atoms with E-state index in [1.807, 2.05) is 24.3 Å². The van der Waals surface area contributed by atoms with E-state index >= 15 is 0 Å². The molecule has 0 atom stereocenters. The van der Waals surface area contributed by atoms with Crippen LogP contribution in [-0.2, 0) is 0 Å². The van der Waals surface area contributed by atoms with E-state index in [2.05, 4.69) is 24.9 Å². The van der Waals surface area contributed by atoms with Gasteiger partial charge in [0.25, 0.3) is 0 Å². The summed E-state index contributed by atoms with van der Waals surface area (Å²) >= 11 is 0. The minimum atomic E-state index is -0.265. The third-order valence-corrected chi connectivity index (χ3v) is 3.54. The SMILES string of the molecule is CCC(N)(CC)COc1nccc2ccccc12. The predicted molar refractivity (Wildman–Crippen MR) is 74.7 cm³/mol. The van der Waals surface area contributed by atoms with Crippen LogP contribution in [0.2, 0.25) is 0 Å². The lowest BCUT2D eigenvalue weighted by Gasteiger charge is -2.26. The van der Waals surface area contributed by atoms with E-state index in [-0.39, 0.29) is 5.54 Å². The normalized spacial score (nSPS) is 11.7. The fraction of sp³-hybridized carbons (Fsp3) is 0.400. The summed E-state index contributed by atoms with van der Waals surface area (Å²) in [5.41, 5.74) is 5.97. The lowest BCUT2D eigenvalue weighted by molar-refractivity contribution is 0.203. The highest BCUT2D eigenvalue weighted by Crippen LogP contribution is 2.23. The monoisotopic (exact) mass is 244 g/mol. The van der Waals surface area contributed by atoms with Crippen molar-refractivity contribution in [2.24, 2.45) is 5.73 Å². The van der Waals surface area contributed by atoms with Crippen LogP contribution in [0.1, 0.15) is 26.7 Å². The lowest BCUT2D eigenvalue weighted by atomic mass is 9.96. The average Bonchev–Trinajstić information content (AvgIpc) is 2.44. The fourth-order valence-electron chi connectivity index (χ4n) is 1.87. The van der Waals surface area contributed by atoms with E-state index < -0.39 is 0 Å². The molecule has 0 aliphatic heterocycles. The number of nitrogens with two attached hydrogens (primary N) is 1. The van der Waals surface area contributed by atoms with Gasteiger partial charge >= 0.3 is 0 Å². The molecule has 2 rings (SSSR count). The van der Waals surface area contributed by atoms with Crippen LogP contribution in [0.5, 0.6) is 5.88 Å². The van der Waals surface area contributed by atoms with Gasteiger partial charge in [0.05, 0.1) is 0 Å². The second-order valence-corrected chi connectivity index (χ2v) is 4.70. The number of aromatic nitrogens is 1. The molecule has 96 valence electrons. The number of nitrogens with zero attached hydrogens (tertiary/aromatic N) is 1. The van der Waals surface area contributed by atoms with Crippen molar-refractivity contribution in [3.8, 4) is 5.88 Å². The first-order valence-corrected chi connectivity index (χ1v) is 6.44. The maximum absolute atomic E-state index is 6.24. The van der Waals surface area contributed by atoms with Crippen molar-refractivity contribution in [1.29, 1.82) is 0 Å². The van der Waals surface area contributed by atoms with Crippen molar-refractivity contribution in [2.45, 2.75) is 32.2 Å². The number of pyridine rings is 1. The number of hydrogen-bond donors (Lipinski definition) is 1. The molecule has 0 bridgehead atoms. The van der Waals surface area contributed by atoms with E-state index in [1.165, 1.54) is 0 Å². The van der Waals surface area contributed by atoms with Crippen LogP contribution in [0.25, 0.3) is 10.8 Å². The molecule has 1 aromatic heterocycles. The molecule has 1 aromatic carbocycles. The van der Waals surface area contributed by atoms with Crippen LogP contribution >= 0.6 is 0 Å². The van der Waals surface area contributed by atoms with Gasteiger partial charge in [-0.05, 0) is 30.4 Å². The van der Waals surface area contributed by atoms with Crippen molar-refractivity contribution < 1.29 is 4.74 Å². The lowest BCUT2D eigenvalue weighted by Crippen LogP contribution is -2.44. The van der Waals surface area contributed by atoms with Gasteiger partial charge in [-0.15, -0.1) is 0 Å². The minimum absolute atomic E-state index is 0.265. The molecule has 3 nitrogen and oxygen atoms in total. The van der Waals surface area contributed by atoms with Gasteiger partial charge in [-0.1, -0.05) is 32.0 Å². The van der Waals surface area contributed by atoms with Crippen LogP contribution in [-0.4, -0.2) is 17.1 Å². The van der Waals surface area contributed by atoms with E-state index in [9.17, 15) is 0 Å². The number of fused-ring (bicyclic) bond motifs is 1. The third kappa shape index (κ3) is 2.62. The van der Waals surface area contributed by atoms with Gasteiger partial charge in [0.15, 0.2) is 0 Å². The highest BCUT2D eigenvalue weighted by molar-refractivity contribution is 5.86. The molecule has 0 radical (unpaired) electrons. The molecule has 0 amide bonds. The van der Waals surface area contributed by atoms with Crippen molar-refractivity contribution in [1.82, 2.24) is 4.98 Å². The number of hydrogen-bond acceptors (Lipinski definition) is 3. The van der Waals surface area contributed by atoms with Crippen LogP contribution < -0.4 is 10.5 Å². The van der Waals surface area contributed by atoms with Gasteiger partial charge in [0.1, 0.15) is 6.61 Å². The van der Waals surface area contributed by atoms with E-state index in [1.54, 1.807) is 6.20 Å². The highest BCUT2D eigenvalue weighted by atomic mass is 16.5. The zero-order valence-corrected chi connectivity index (χ0v) is 11.0. The summed E-state index contributed by atoms with van der Waals surface area (Å²) in [5.74, 6) is 0.671. The van der Waals surface area contributed by atoms with Crippen molar-refractivity contribution in [3.63, 3.8) is 0 Å². The summed E-state index contributed by atoms with van der Waals surface area (Å²) in [6, 6.07) is 10.1. The van der Waals surface area contributed by atoms with E-state index in [0.717, 1.165) is 23.6 Å². The Morgan fingerprint density at radius 3 is 2.61 bits per heavy atom. The summed E-state index contributed by atoms with van der Waals surface area (Å²) in [6.45, 7) is 4.67. The molecular weight excluding hydrogens is 224 g/mol. The van der Waals surface area contributed by atoms with Crippen LogP contribution in [0.3, 0.4) is 0 Å². The number of ether oxygens (including phenoxy) is 1. The van der Waals surface area contributed by atoms with E-state index in [4.69, 9.17) is 10.5 Å². The van der Waals surface area contributed by atoms with Crippen molar-refractivity contribution in [2.75, 3.05) is 6.61 Å². The number of benzene rings is 1. The van der Waals surface area contributed by atoms with Gasteiger partial charge in [0.2, 0.25) is 5.88 Å². The van der Waals surface area contributed by atoms with Crippen molar-refractivity contribution in [3.05, 3.63) is 36.5 Å². The maximum Gasteiger partial charge on any atom is 0.221 e. The van der Waals surface area contributed by atoms with Crippen LogP contribution in [0, 0.1) is 0 Å². The minimum Gasteiger partial charge on any atom is -0.475 e. The van der Waals surface area contributed by atoms with Crippen LogP contribution in [0.4, 0.5) is 0 Å². The molecule has 2 aromatic rings. The topological polar surface area (TPSA) is 48.1 Å². The average molecular weight is 244 g/mol. The molecule has 18 heavy (non-hydrogen) atoms. The Kier molecular flexibility index (Phi) is 3.82. The summed E-state index contributed by atoms with van der Waals surface area (Å²) in [4.78, 5) is 4.30. The first-order chi connectivity index (χ1) is 8.68. The van der Waals surface area contributed by atoms with Gasteiger partial charge in [-0.2, -0.15) is 0 Å². The van der Waals surface area contributed by atoms with Gasteiger partial charge in [0, 0.05) is 17.1 Å². The molecule has 0 aliphatic carbocycles. The first-order valence-electron chi connectivity index (χ1n) is 6.44. The number of rotatable bonds is 5. The summed E-state index contributed by atoms with van der Waals surface area (Å²) < 4.78 is 5.83. The predicted octanol–water partition coefficient (Wildman–Crippen LogP) is 3.13. The molecule has 0 fully saturated rings. The molecule has 2 N–H and O–H groups in total. The molecule has 0 spiro atoms. The molecular formula is C15H20N2O. The molecule has 0 unspecified atom stereocenters. The summed E-state index contributed by atoms with van der Waals surface area (Å²) in [6.07, 6.45) is 3.57. The molecule has 0 saturated carbocycles. The second kappa shape index (κ2) is 5.36. The summed E-state index contributed by atoms with van der Waals surface area (Å²) in [7, 11) is 0. The Balaban J connectivity index is 2.22. The maximum atomic E-state index is 6.24. The Hall–Kier alpha value is -1.61. The molecule has 1 heterocycles. The molecule has 0 aliphatic rings. The Bertz CT molecular complexity index is 515. The van der Waals surface area contributed by atoms with Crippen LogP contribution in [0.15, 0.2) is 36.5 Å². The second-order valence-electron chi connectivity index (χ2n) is 4.70. The Morgan fingerprint density at radius 2 is 1.89 bits per heavy atom. The third-order valence-electron chi connectivity index (χ3n) is 3.54. The van der Waals surface area contributed by atoms with E-state index in [0.29, 0.717) is 12.5 Å². The van der Waals surface area contributed by atoms with Gasteiger partial charge in [-0.25, -0.2) is 4.98 Å².